The summed E-state index contributed by atoms with van der Waals surface area (Å²) in [6.07, 6.45) is -1.50. The zero-order chi connectivity index (χ0) is 17.8. The van der Waals surface area contributed by atoms with E-state index in [1.54, 1.807) is 6.07 Å². The molecule has 1 aromatic carbocycles. The predicted octanol–water partition coefficient (Wildman–Crippen LogP) is 3.66. The van der Waals surface area contributed by atoms with Crippen molar-refractivity contribution in [1.29, 1.82) is 5.26 Å². The number of nitriles is 1. The SMILES string of the molecule is N#Cc1ccc(F)c(OCc2ccc(-c3nnc(C(F)F)o3)cn2)c1. The number of benzene rings is 1. The van der Waals surface area contributed by atoms with Crippen molar-refractivity contribution in [3.05, 3.63) is 59.5 Å². The highest BCUT2D eigenvalue weighted by Gasteiger charge is 2.17. The number of aromatic nitrogens is 3. The Kier molecular flexibility index (Phi) is 4.61. The molecule has 2 aromatic heterocycles. The normalized spacial score (nSPS) is 10.7. The number of ether oxygens (including phenoxy) is 1. The van der Waals surface area contributed by atoms with Crippen molar-refractivity contribution in [1.82, 2.24) is 15.2 Å². The second kappa shape index (κ2) is 7.00. The van der Waals surface area contributed by atoms with E-state index in [1.165, 1.54) is 24.4 Å². The first-order valence-corrected chi connectivity index (χ1v) is 6.96. The van der Waals surface area contributed by atoms with Crippen LogP contribution in [-0.4, -0.2) is 15.2 Å². The zero-order valence-electron chi connectivity index (χ0n) is 12.5. The Morgan fingerprint density at radius 2 is 2.04 bits per heavy atom. The quantitative estimate of drug-likeness (QED) is 0.701. The van der Waals surface area contributed by atoms with Crippen LogP contribution in [0, 0.1) is 17.1 Å². The van der Waals surface area contributed by atoms with Gasteiger partial charge in [-0.2, -0.15) is 14.0 Å². The molecule has 0 amide bonds. The Morgan fingerprint density at radius 3 is 2.68 bits per heavy atom. The summed E-state index contributed by atoms with van der Waals surface area (Å²) in [6.45, 7) is -0.0435. The van der Waals surface area contributed by atoms with Gasteiger partial charge < -0.3 is 9.15 Å². The molecule has 0 fully saturated rings. The minimum absolute atomic E-state index is 0.0435. The minimum Gasteiger partial charge on any atom is -0.484 e. The maximum atomic E-state index is 13.6. The van der Waals surface area contributed by atoms with Gasteiger partial charge in [0.05, 0.1) is 22.9 Å². The Hall–Kier alpha value is -3.41. The largest absolute Gasteiger partial charge is 0.484 e. The van der Waals surface area contributed by atoms with Crippen LogP contribution in [0.15, 0.2) is 40.9 Å². The summed E-state index contributed by atoms with van der Waals surface area (Å²) in [5.41, 5.74) is 1.09. The summed E-state index contributed by atoms with van der Waals surface area (Å²) in [6, 6.07) is 8.74. The van der Waals surface area contributed by atoms with Crippen LogP contribution in [0.5, 0.6) is 5.75 Å². The van der Waals surface area contributed by atoms with E-state index in [4.69, 9.17) is 14.4 Å². The fraction of sp³-hybridized carbons (Fsp3) is 0.125. The van der Waals surface area contributed by atoms with E-state index >= 15 is 0 Å². The van der Waals surface area contributed by atoms with Gasteiger partial charge in [-0.25, -0.2) is 4.39 Å². The number of hydrogen-bond acceptors (Lipinski definition) is 6. The molecule has 25 heavy (non-hydrogen) atoms. The third-order valence-electron chi connectivity index (χ3n) is 3.13. The van der Waals surface area contributed by atoms with Gasteiger partial charge in [-0.1, -0.05) is 0 Å². The molecule has 3 rings (SSSR count). The molecule has 0 saturated carbocycles. The first-order chi connectivity index (χ1) is 12.1. The van der Waals surface area contributed by atoms with Crippen LogP contribution < -0.4 is 4.74 Å². The summed E-state index contributed by atoms with van der Waals surface area (Å²) in [5, 5.41) is 15.5. The van der Waals surface area contributed by atoms with E-state index in [0.29, 0.717) is 11.3 Å². The van der Waals surface area contributed by atoms with E-state index in [1.807, 2.05) is 6.07 Å². The average molecular weight is 346 g/mol. The maximum Gasteiger partial charge on any atom is 0.314 e. The lowest BCUT2D eigenvalue weighted by atomic mass is 10.2. The number of pyridine rings is 1. The molecule has 0 atom stereocenters. The molecule has 126 valence electrons. The van der Waals surface area contributed by atoms with Crippen LogP contribution in [-0.2, 0) is 6.61 Å². The predicted molar refractivity (Wildman–Crippen MR) is 77.9 cm³/mol. The first kappa shape index (κ1) is 16.4. The van der Waals surface area contributed by atoms with Crippen LogP contribution in [0.2, 0.25) is 0 Å². The van der Waals surface area contributed by atoms with Gasteiger partial charge in [0.1, 0.15) is 6.61 Å². The van der Waals surface area contributed by atoms with Crippen LogP contribution >= 0.6 is 0 Å². The highest BCUT2D eigenvalue weighted by Crippen LogP contribution is 2.23. The molecular weight excluding hydrogens is 337 g/mol. The van der Waals surface area contributed by atoms with Gasteiger partial charge in [0.15, 0.2) is 11.6 Å². The van der Waals surface area contributed by atoms with E-state index in [0.717, 1.165) is 6.07 Å². The lowest BCUT2D eigenvalue weighted by molar-refractivity contribution is 0.116. The summed E-state index contributed by atoms with van der Waals surface area (Å²) >= 11 is 0. The fourth-order valence-electron chi connectivity index (χ4n) is 1.91. The van der Waals surface area contributed by atoms with Gasteiger partial charge in [-0.05, 0) is 24.3 Å². The molecule has 0 unspecified atom stereocenters. The average Bonchev–Trinajstić information content (AvgIpc) is 3.12. The monoisotopic (exact) mass is 346 g/mol. The van der Waals surface area contributed by atoms with E-state index in [9.17, 15) is 13.2 Å². The lowest BCUT2D eigenvalue weighted by Crippen LogP contribution is -2.00. The van der Waals surface area contributed by atoms with E-state index in [2.05, 4.69) is 15.2 Å². The fourth-order valence-corrected chi connectivity index (χ4v) is 1.91. The van der Waals surface area contributed by atoms with Gasteiger partial charge in [-0.3, -0.25) is 4.98 Å². The number of rotatable bonds is 5. The number of alkyl halides is 2. The molecule has 6 nitrogen and oxygen atoms in total. The van der Waals surface area contributed by atoms with Gasteiger partial charge in [0, 0.05) is 12.3 Å². The molecule has 0 bridgehead atoms. The second-order valence-corrected chi connectivity index (χ2v) is 4.83. The molecule has 0 aliphatic rings. The summed E-state index contributed by atoms with van der Waals surface area (Å²) in [5.74, 6) is -1.51. The minimum atomic E-state index is -2.85. The molecule has 2 heterocycles. The van der Waals surface area contributed by atoms with Gasteiger partial charge in [-0.15, -0.1) is 10.2 Å². The highest BCUT2D eigenvalue weighted by molar-refractivity contribution is 5.50. The third-order valence-corrected chi connectivity index (χ3v) is 3.13. The molecule has 0 N–H and O–H groups in total. The number of nitrogens with zero attached hydrogens (tertiary/aromatic N) is 4. The van der Waals surface area contributed by atoms with Crippen molar-refractivity contribution >= 4 is 0 Å². The first-order valence-electron chi connectivity index (χ1n) is 6.96. The molecule has 0 aliphatic heterocycles. The van der Waals surface area contributed by atoms with Crippen molar-refractivity contribution in [2.75, 3.05) is 0 Å². The molecule has 0 saturated heterocycles. The lowest BCUT2D eigenvalue weighted by Gasteiger charge is -2.07. The molecule has 9 heteroatoms. The zero-order valence-corrected chi connectivity index (χ0v) is 12.5. The van der Waals surface area contributed by atoms with E-state index in [-0.39, 0.29) is 23.8 Å². The molecular formula is C16H9F3N4O2. The topological polar surface area (TPSA) is 84.8 Å². The maximum absolute atomic E-state index is 13.6. The Morgan fingerprint density at radius 1 is 1.20 bits per heavy atom. The van der Waals surface area contributed by atoms with E-state index < -0.39 is 18.1 Å². The Bertz CT molecular complexity index is 920. The van der Waals surface area contributed by atoms with Crippen LogP contribution in [0.1, 0.15) is 23.6 Å². The van der Waals surface area contributed by atoms with Crippen LogP contribution in [0.25, 0.3) is 11.5 Å². The summed E-state index contributed by atoms with van der Waals surface area (Å²) < 4.78 is 48.6. The number of hydrogen-bond donors (Lipinski definition) is 0. The van der Waals surface area contributed by atoms with Crippen LogP contribution in [0.4, 0.5) is 13.2 Å². The Labute approximate surface area is 139 Å². The summed E-state index contributed by atoms with van der Waals surface area (Å²) in [4.78, 5) is 4.07. The third kappa shape index (κ3) is 3.74. The molecule has 0 spiro atoms. The van der Waals surface area contributed by atoms with Crippen molar-refractivity contribution in [2.45, 2.75) is 13.0 Å². The Balaban J connectivity index is 1.70. The highest BCUT2D eigenvalue weighted by atomic mass is 19.3. The summed E-state index contributed by atoms with van der Waals surface area (Å²) in [7, 11) is 0. The van der Waals surface area contributed by atoms with Crippen molar-refractivity contribution in [3.63, 3.8) is 0 Å². The van der Waals surface area contributed by atoms with Crippen molar-refractivity contribution < 1.29 is 22.3 Å². The molecule has 0 radical (unpaired) electrons. The molecule has 3 aromatic rings. The van der Waals surface area contributed by atoms with Crippen LogP contribution in [0.3, 0.4) is 0 Å². The van der Waals surface area contributed by atoms with Gasteiger partial charge in [0.2, 0.25) is 5.89 Å². The standard InChI is InChI=1S/C16H9F3N4O2/c17-12-4-1-9(6-20)5-13(12)24-8-11-3-2-10(7-21-11)15-22-23-16(25-15)14(18)19/h1-5,7,14H,8H2. The number of halogens is 3. The van der Waals surface area contributed by atoms with Gasteiger partial charge in [0.25, 0.3) is 5.89 Å². The second-order valence-electron chi connectivity index (χ2n) is 4.83. The van der Waals surface area contributed by atoms with Crippen molar-refractivity contribution in [3.8, 4) is 23.3 Å². The van der Waals surface area contributed by atoms with Crippen molar-refractivity contribution in [2.24, 2.45) is 0 Å². The van der Waals surface area contributed by atoms with Gasteiger partial charge >= 0.3 is 6.43 Å². The smallest absolute Gasteiger partial charge is 0.314 e. The molecule has 0 aliphatic carbocycles.